The van der Waals surface area contributed by atoms with Crippen LogP contribution in [0.1, 0.15) is 5.82 Å². The van der Waals surface area contributed by atoms with Crippen molar-refractivity contribution in [3.8, 4) is 5.75 Å². The summed E-state index contributed by atoms with van der Waals surface area (Å²) >= 11 is 1.42. The highest BCUT2D eigenvalue weighted by Gasteiger charge is 2.20. The van der Waals surface area contributed by atoms with Gasteiger partial charge in [0.15, 0.2) is 0 Å². The van der Waals surface area contributed by atoms with Gasteiger partial charge in [-0.1, -0.05) is 12.1 Å². The Morgan fingerprint density at radius 1 is 1.17 bits per heavy atom. The fraction of sp³-hybridized carbons (Fsp3) is 0.294. The van der Waals surface area contributed by atoms with Crippen LogP contribution >= 0.6 is 11.3 Å². The number of thiophene rings is 1. The number of nitrogens with zero attached hydrogens (tertiary/aromatic N) is 3. The normalized spacial score (nSPS) is 15.9. The minimum atomic E-state index is -0.0576. The number of rotatable bonds is 3. The molecule has 3 aromatic rings. The van der Waals surface area contributed by atoms with Crippen molar-refractivity contribution in [3.63, 3.8) is 0 Å². The topological polar surface area (TPSA) is 72.5 Å². The molecule has 0 atom stereocenters. The Morgan fingerprint density at radius 3 is 2.75 bits per heavy atom. The quantitative estimate of drug-likeness (QED) is 0.762. The number of nitrogens with one attached hydrogen (secondary N) is 1. The molecule has 24 heavy (non-hydrogen) atoms. The molecule has 0 saturated carbocycles. The molecule has 0 aliphatic carbocycles. The van der Waals surface area contributed by atoms with Gasteiger partial charge >= 0.3 is 0 Å². The van der Waals surface area contributed by atoms with Crippen LogP contribution in [0.5, 0.6) is 5.75 Å². The molecule has 0 bridgehead atoms. The first-order valence-electron chi connectivity index (χ1n) is 7.92. The van der Waals surface area contributed by atoms with E-state index < -0.39 is 0 Å². The number of anilines is 1. The van der Waals surface area contributed by atoms with Crippen molar-refractivity contribution in [3.05, 3.63) is 51.9 Å². The van der Waals surface area contributed by atoms with Crippen molar-refractivity contribution in [1.29, 1.82) is 0 Å². The number of hydrogen-bond acceptors (Lipinski definition) is 6. The van der Waals surface area contributed by atoms with Crippen molar-refractivity contribution in [1.82, 2.24) is 14.9 Å². The number of para-hydroxylation sites is 2. The zero-order valence-electron chi connectivity index (χ0n) is 13.1. The zero-order valence-corrected chi connectivity index (χ0v) is 13.9. The number of hydrogen-bond donors (Lipinski definition) is 2. The van der Waals surface area contributed by atoms with E-state index in [1.54, 1.807) is 6.07 Å². The first-order valence-corrected chi connectivity index (χ1v) is 8.80. The Balaban J connectivity index is 1.44. The maximum atomic E-state index is 12.0. The third kappa shape index (κ3) is 2.88. The lowest BCUT2D eigenvalue weighted by Crippen LogP contribution is -2.46. The zero-order chi connectivity index (χ0) is 16.5. The van der Waals surface area contributed by atoms with E-state index in [9.17, 15) is 9.90 Å². The Morgan fingerprint density at radius 2 is 1.96 bits per heavy atom. The molecule has 2 N–H and O–H groups in total. The summed E-state index contributed by atoms with van der Waals surface area (Å²) in [6, 6.07) is 9.31. The van der Waals surface area contributed by atoms with Gasteiger partial charge in [-0.2, -0.15) is 0 Å². The molecule has 0 spiro atoms. The lowest BCUT2D eigenvalue weighted by atomic mass is 10.2. The van der Waals surface area contributed by atoms with Gasteiger partial charge in [-0.05, 0) is 23.6 Å². The van der Waals surface area contributed by atoms with Crippen LogP contribution in [0, 0.1) is 0 Å². The second-order valence-electron chi connectivity index (χ2n) is 5.90. The highest BCUT2D eigenvalue weighted by atomic mass is 32.1. The second kappa shape index (κ2) is 6.26. The summed E-state index contributed by atoms with van der Waals surface area (Å²) in [4.78, 5) is 23.9. The number of piperazine rings is 1. The Labute approximate surface area is 143 Å². The van der Waals surface area contributed by atoms with E-state index in [1.165, 1.54) is 11.3 Å². The first-order chi connectivity index (χ1) is 11.7. The van der Waals surface area contributed by atoms with Crippen LogP contribution in [0.25, 0.3) is 10.2 Å². The molecular weight excluding hydrogens is 324 g/mol. The standard InChI is InChI=1S/C17H18N4O2S/c22-14-4-2-1-3-13(14)21-8-6-20(7-9-21)11-15-18-12-5-10-24-16(12)17(23)19-15/h1-5,10,22H,6-9,11H2,(H,18,19,23). The number of phenols is 1. The van der Waals surface area contributed by atoms with Crippen molar-refractivity contribution in [2.24, 2.45) is 0 Å². The summed E-state index contributed by atoms with van der Waals surface area (Å²) in [6.45, 7) is 4.03. The van der Waals surface area contributed by atoms with Crippen LogP contribution < -0.4 is 10.5 Å². The maximum absolute atomic E-state index is 12.0. The maximum Gasteiger partial charge on any atom is 0.268 e. The molecule has 2 aromatic heterocycles. The molecule has 6 nitrogen and oxygen atoms in total. The SMILES string of the molecule is O=c1[nH]c(CN2CCN(c3ccccc3O)CC2)nc2ccsc12. The fourth-order valence-electron chi connectivity index (χ4n) is 3.09. The third-order valence-corrected chi connectivity index (χ3v) is 5.23. The molecule has 1 aliphatic heterocycles. The minimum Gasteiger partial charge on any atom is -0.506 e. The average Bonchev–Trinajstić information content (AvgIpc) is 3.05. The van der Waals surface area contributed by atoms with E-state index in [0.717, 1.165) is 37.4 Å². The van der Waals surface area contributed by atoms with Gasteiger partial charge in [0, 0.05) is 26.2 Å². The summed E-state index contributed by atoms with van der Waals surface area (Å²) in [6.07, 6.45) is 0. The predicted molar refractivity (Wildman–Crippen MR) is 95.8 cm³/mol. The van der Waals surface area contributed by atoms with Gasteiger partial charge in [0.05, 0.1) is 17.7 Å². The largest absolute Gasteiger partial charge is 0.506 e. The van der Waals surface area contributed by atoms with E-state index in [4.69, 9.17) is 0 Å². The van der Waals surface area contributed by atoms with Gasteiger partial charge < -0.3 is 15.0 Å². The minimum absolute atomic E-state index is 0.0576. The van der Waals surface area contributed by atoms with Gasteiger partial charge in [-0.3, -0.25) is 9.69 Å². The fourth-order valence-corrected chi connectivity index (χ4v) is 3.81. The summed E-state index contributed by atoms with van der Waals surface area (Å²) in [7, 11) is 0. The molecule has 4 rings (SSSR count). The summed E-state index contributed by atoms with van der Waals surface area (Å²) in [5.41, 5.74) is 1.59. The van der Waals surface area contributed by atoms with E-state index in [-0.39, 0.29) is 5.56 Å². The Bertz CT molecular complexity index is 912. The monoisotopic (exact) mass is 342 g/mol. The lowest BCUT2D eigenvalue weighted by Gasteiger charge is -2.36. The molecule has 124 valence electrons. The van der Waals surface area contributed by atoms with Crippen molar-refractivity contribution in [2.75, 3.05) is 31.1 Å². The van der Waals surface area contributed by atoms with E-state index in [2.05, 4.69) is 19.8 Å². The molecule has 1 aliphatic rings. The van der Waals surface area contributed by atoms with E-state index >= 15 is 0 Å². The van der Waals surface area contributed by atoms with Gasteiger partial charge in [-0.25, -0.2) is 4.98 Å². The molecular formula is C17H18N4O2S. The molecule has 0 radical (unpaired) electrons. The number of aromatic hydroxyl groups is 1. The van der Waals surface area contributed by atoms with Crippen LogP contribution in [-0.2, 0) is 6.54 Å². The molecule has 1 aromatic carbocycles. The third-order valence-electron chi connectivity index (χ3n) is 4.33. The van der Waals surface area contributed by atoms with Crippen molar-refractivity contribution < 1.29 is 5.11 Å². The number of phenolic OH excluding ortho intramolecular Hbond substituents is 1. The molecule has 0 unspecified atom stereocenters. The number of H-pyrrole nitrogens is 1. The van der Waals surface area contributed by atoms with E-state index in [1.807, 2.05) is 29.6 Å². The van der Waals surface area contributed by atoms with Crippen LogP contribution in [-0.4, -0.2) is 46.2 Å². The number of benzene rings is 1. The molecule has 3 heterocycles. The first kappa shape index (κ1) is 15.2. The van der Waals surface area contributed by atoms with Crippen LogP contribution in [0.3, 0.4) is 0 Å². The van der Waals surface area contributed by atoms with Gasteiger partial charge in [0.25, 0.3) is 5.56 Å². The van der Waals surface area contributed by atoms with Crippen LogP contribution in [0.15, 0.2) is 40.5 Å². The number of aromatic nitrogens is 2. The van der Waals surface area contributed by atoms with Gasteiger partial charge in [0.2, 0.25) is 0 Å². The second-order valence-corrected chi connectivity index (χ2v) is 6.82. The molecule has 0 amide bonds. The lowest BCUT2D eigenvalue weighted by molar-refractivity contribution is 0.243. The Hall–Kier alpha value is -2.38. The Kier molecular flexibility index (Phi) is 3.95. The predicted octanol–water partition coefficient (Wildman–Crippen LogP) is 2.01. The highest BCUT2D eigenvalue weighted by molar-refractivity contribution is 7.17. The van der Waals surface area contributed by atoms with Gasteiger partial charge in [0.1, 0.15) is 16.3 Å². The average molecular weight is 342 g/mol. The molecule has 1 fully saturated rings. The smallest absolute Gasteiger partial charge is 0.268 e. The number of aromatic amines is 1. The van der Waals surface area contributed by atoms with Crippen molar-refractivity contribution >= 4 is 27.2 Å². The van der Waals surface area contributed by atoms with Gasteiger partial charge in [-0.15, -0.1) is 11.3 Å². The highest BCUT2D eigenvalue weighted by Crippen LogP contribution is 2.27. The van der Waals surface area contributed by atoms with Crippen LogP contribution in [0.4, 0.5) is 5.69 Å². The van der Waals surface area contributed by atoms with Crippen LogP contribution in [0.2, 0.25) is 0 Å². The van der Waals surface area contributed by atoms with E-state index in [0.29, 0.717) is 22.8 Å². The summed E-state index contributed by atoms with van der Waals surface area (Å²) in [5.74, 6) is 1.03. The summed E-state index contributed by atoms with van der Waals surface area (Å²) in [5, 5.41) is 11.9. The summed E-state index contributed by atoms with van der Waals surface area (Å²) < 4.78 is 0.683. The number of fused-ring (bicyclic) bond motifs is 1. The molecule has 1 saturated heterocycles. The van der Waals surface area contributed by atoms with Crippen molar-refractivity contribution in [2.45, 2.75) is 6.54 Å². The molecule has 7 heteroatoms.